The van der Waals surface area contributed by atoms with Gasteiger partial charge < -0.3 is 9.47 Å². The lowest BCUT2D eigenvalue weighted by Gasteiger charge is -2.50. The number of benzene rings is 1. The van der Waals surface area contributed by atoms with Gasteiger partial charge in [-0.2, -0.15) is 0 Å². The highest BCUT2D eigenvalue weighted by molar-refractivity contribution is 5.87. The van der Waals surface area contributed by atoms with Gasteiger partial charge in [0.05, 0.1) is 13.0 Å². The lowest BCUT2D eigenvalue weighted by atomic mass is 9.54. The quantitative estimate of drug-likeness (QED) is 0.550. The third kappa shape index (κ3) is 3.49. The Morgan fingerprint density at radius 1 is 1.21 bits per heavy atom. The fraction of sp³-hybridized carbons (Fsp3) is 0.625. The Labute approximate surface area is 172 Å². The van der Waals surface area contributed by atoms with Gasteiger partial charge in [-0.1, -0.05) is 13.0 Å². The second-order valence-corrected chi connectivity index (χ2v) is 9.12. The number of hydrogen-bond donors (Lipinski definition) is 0. The molecule has 0 aliphatic heterocycles. The summed E-state index contributed by atoms with van der Waals surface area (Å²) in [7, 11) is 0. The van der Waals surface area contributed by atoms with Crippen molar-refractivity contribution in [1.29, 1.82) is 0 Å². The standard InChI is InChI=1S/C24H30O5/c1-4-28-23(27)12-15-11-20-18(9-10-24(3)21(20)7-8-22(24)26)17-6-5-16(13-19(15)17)29-14(2)25/h5-6,13,15,18,20-21H,4,7-12H2,1-3H3/t15-,18+,20+,21-,24-/m0/s1. The first-order valence-corrected chi connectivity index (χ1v) is 10.8. The van der Waals surface area contributed by atoms with Crippen molar-refractivity contribution in [2.75, 3.05) is 6.61 Å². The molecule has 0 heterocycles. The van der Waals surface area contributed by atoms with E-state index in [9.17, 15) is 14.4 Å². The van der Waals surface area contributed by atoms with Gasteiger partial charge in [0.2, 0.25) is 0 Å². The van der Waals surface area contributed by atoms with Crippen molar-refractivity contribution in [3.05, 3.63) is 29.3 Å². The van der Waals surface area contributed by atoms with Gasteiger partial charge in [-0.15, -0.1) is 0 Å². The van der Waals surface area contributed by atoms with Crippen LogP contribution in [0.3, 0.4) is 0 Å². The minimum Gasteiger partial charge on any atom is -0.466 e. The molecular formula is C24H30O5. The average molecular weight is 398 g/mol. The second-order valence-electron chi connectivity index (χ2n) is 9.12. The lowest BCUT2D eigenvalue weighted by Crippen LogP contribution is -2.43. The number of rotatable bonds is 4. The first-order valence-electron chi connectivity index (χ1n) is 10.8. The fourth-order valence-electron chi connectivity index (χ4n) is 6.32. The number of hydrogen-bond acceptors (Lipinski definition) is 5. The van der Waals surface area contributed by atoms with E-state index >= 15 is 0 Å². The van der Waals surface area contributed by atoms with Crippen LogP contribution in [0, 0.1) is 17.3 Å². The molecule has 5 atom stereocenters. The van der Waals surface area contributed by atoms with Gasteiger partial charge in [0.15, 0.2) is 0 Å². The highest BCUT2D eigenvalue weighted by atomic mass is 16.5. The van der Waals surface area contributed by atoms with Gasteiger partial charge in [-0.25, -0.2) is 0 Å². The third-order valence-electron chi connectivity index (χ3n) is 7.58. The molecule has 5 nitrogen and oxygen atoms in total. The Bertz CT molecular complexity index is 844. The van der Waals surface area contributed by atoms with Gasteiger partial charge in [0.25, 0.3) is 0 Å². The van der Waals surface area contributed by atoms with Gasteiger partial charge in [0.1, 0.15) is 11.5 Å². The molecule has 1 aromatic carbocycles. The highest BCUT2D eigenvalue weighted by Crippen LogP contribution is 2.61. The Morgan fingerprint density at radius 3 is 2.72 bits per heavy atom. The summed E-state index contributed by atoms with van der Waals surface area (Å²) in [6.07, 6.45) is 4.79. The Balaban J connectivity index is 1.71. The number of fused-ring (bicyclic) bond motifs is 5. The number of carbonyl (C=O) groups is 3. The predicted octanol–water partition coefficient (Wildman–Crippen LogP) is 4.53. The predicted molar refractivity (Wildman–Crippen MR) is 108 cm³/mol. The van der Waals surface area contributed by atoms with E-state index < -0.39 is 0 Å². The van der Waals surface area contributed by atoms with E-state index in [0.29, 0.717) is 48.7 Å². The molecule has 156 valence electrons. The second kappa shape index (κ2) is 7.58. The summed E-state index contributed by atoms with van der Waals surface area (Å²) in [6, 6.07) is 5.87. The monoisotopic (exact) mass is 398 g/mol. The maximum atomic E-state index is 12.6. The molecule has 2 fully saturated rings. The molecule has 0 unspecified atom stereocenters. The van der Waals surface area contributed by atoms with E-state index in [1.807, 2.05) is 19.1 Å². The van der Waals surface area contributed by atoms with Crippen LogP contribution in [0.25, 0.3) is 0 Å². The van der Waals surface area contributed by atoms with Crippen LogP contribution in [0.2, 0.25) is 0 Å². The SMILES string of the molecule is CCOC(=O)C[C@@H]1C[C@@H]2[C@H](CC[C@]3(C)C(=O)CC[C@@H]23)c2ccc(OC(C)=O)cc21. The zero-order valence-electron chi connectivity index (χ0n) is 17.5. The van der Waals surface area contributed by atoms with Crippen molar-refractivity contribution in [1.82, 2.24) is 0 Å². The minimum atomic E-state index is -0.349. The van der Waals surface area contributed by atoms with Crippen molar-refractivity contribution >= 4 is 17.7 Å². The summed E-state index contributed by atoms with van der Waals surface area (Å²) in [4.78, 5) is 36.4. The molecule has 0 N–H and O–H groups in total. The summed E-state index contributed by atoms with van der Waals surface area (Å²) < 4.78 is 10.6. The number of esters is 2. The largest absolute Gasteiger partial charge is 0.466 e. The van der Waals surface area contributed by atoms with Crippen molar-refractivity contribution in [2.45, 2.75) is 71.1 Å². The van der Waals surface area contributed by atoms with Crippen LogP contribution >= 0.6 is 0 Å². The summed E-state index contributed by atoms with van der Waals surface area (Å²) in [5, 5.41) is 0. The summed E-state index contributed by atoms with van der Waals surface area (Å²) in [5.74, 6) is 1.63. The topological polar surface area (TPSA) is 69.7 Å². The van der Waals surface area contributed by atoms with Crippen LogP contribution < -0.4 is 4.74 Å². The van der Waals surface area contributed by atoms with Crippen LogP contribution in [0.1, 0.15) is 82.3 Å². The molecule has 0 spiro atoms. The van der Waals surface area contributed by atoms with Crippen molar-refractivity contribution in [3.8, 4) is 5.75 Å². The van der Waals surface area contributed by atoms with Crippen LogP contribution in [-0.4, -0.2) is 24.3 Å². The molecule has 29 heavy (non-hydrogen) atoms. The molecule has 0 radical (unpaired) electrons. The van der Waals surface area contributed by atoms with Gasteiger partial charge >= 0.3 is 11.9 Å². The van der Waals surface area contributed by atoms with Crippen molar-refractivity contribution in [2.24, 2.45) is 17.3 Å². The zero-order chi connectivity index (χ0) is 20.8. The van der Waals surface area contributed by atoms with Crippen LogP contribution in [0.15, 0.2) is 18.2 Å². The van der Waals surface area contributed by atoms with Gasteiger partial charge in [-0.05, 0) is 79.5 Å². The summed E-state index contributed by atoms with van der Waals surface area (Å²) >= 11 is 0. The molecule has 1 aromatic rings. The number of ether oxygens (including phenoxy) is 2. The van der Waals surface area contributed by atoms with Crippen LogP contribution in [0.4, 0.5) is 0 Å². The Hall–Kier alpha value is -2.17. The molecule has 3 aliphatic carbocycles. The van der Waals surface area contributed by atoms with E-state index in [1.165, 1.54) is 12.5 Å². The molecule has 0 amide bonds. The number of ketones is 1. The maximum Gasteiger partial charge on any atom is 0.308 e. The summed E-state index contributed by atoms with van der Waals surface area (Å²) in [5.41, 5.74) is 2.16. The van der Waals surface area contributed by atoms with E-state index in [0.717, 1.165) is 31.2 Å². The average Bonchev–Trinajstić information content (AvgIpc) is 2.97. The molecule has 0 saturated heterocycles. The first kappa shape index (κ1) is 20.1. The van der Waals surface area contributed by atoms with Crippen LogP contribution in [0.5, 0.6) is 5.75 Å². The van der Waals surface area contributed by atoms with E-state index in [-0.39, 0.29) is 23.3 Å². The van der Waals surface area contributed by atoms with Crippen molar-refractivity contribution < 1.29 is 23.9 Å². The lowest BCUT2D eigenvalue weighted by molar-refractivity contribution is -0.144. The maximum absolute atomic E-state index is 12.6. The van der Waals surface area contributed by atoms with Crippen molar-refractivity contribution in [3.63, 3.8) is 0 Å². The third-order valence-corrected chi connectivity index (χ3v) is 7.58. The van der Waals surface area contributed by atoms with Gasteiger partial charge in [-0.3, -0.25) is 14.4 Å². The minimum absolute atomic E-state index is 0.0267. The molecule has 5 heteroatoms. The molecule has 0 aromatic heterocycles. The smallest absolute Gasteiger partial charge is 0.308 e. The number of carbonyl (C=O) groups excluding carboxylic acids is 3. The summed E-state index contributed by atoms with van der Waals surface area (Å²) in [6.45, 7) is 5.74. The molecule has 4 rings (SSSR count). The fourth-order valence-corrected chi connectivity index (χ4v) is 6.32. The van der Waals surface area contributed by atoms with E-state index in [2.05, 4.69) is 13.0 Å². The highest BCUT2D eigenvalue weighted by Gasteiger charge is 2.55. The molecule has 2 saturated carbocycles. The van der Waals surface area contributed by atoms with Crippen LogP contribution in [-0.2, 0) is 19.1 Å². The van der Waals surface area contributed by atoms with Gasteiger partial charge in [0, 0.05) is 18.8 Å². The normalized spacial score (nSPS) is 32.7. The molecule has 0 bridgehead atoms. The Morgan fingerprint density at radius 2 is 2.00 bits per heavy atom. The Kier molecular flexibility index (Phi) is 5.26. The van der Waals surface area contributed by atoms with E-state index in [4.69, 9.17) is 9.47 Å². The molecular weight excluding hydrogens is 368 g/mol. The van der Waals surface area contributed by atoms with E-state index in [1.54, 1.807) is 0 Å². The zero-order valence-corrected chi connectivity index (χ0v) is 17.5. The number of Topliss-reactive ketones (excluding diaryl/α,β-unsaturated/α-hetero) is 1. The molecule has 3 aliphatic rings. The first-order chi connectivity index (χ1) is 13.8.